The van der Waals surface area contributed by atoms with Crippen LogP contribution >= 0.6 is 11.8 Å². The Labute approximate surface area is 131 Å². The smallest absolute Gasteiger partial charge is 0.0186 e. The van der Waals surface area contributed by atoms with Gasteiger partial charge in [-0.15, -0.1) is 0 Å². The molecule has 2 aliphatic carbocycles. The van der Waals surface area contributed by atoms with Crippen LogP contribution in [0.3, 0.4) is 0 Å². The van der Waals surface area contributed by atoms with E-state index < -0.39 is 0 Å². The van der Waals surface area contributed by atoms with E-state index in [-0.39, 0.29) is 0 Å². The van der Waals surface area contributed by atoms with E-state index in [0.717, 1.165) is 29.7 Å². The molecule has 2 rings (SSSR count). The Morgan fingerprint density at radius 1 is 0.950 bits per heavy atom. The maximum atomic E-state index is 3.80. The predicted octanol–water partition coefficient (Wildman–Crippen LogP) is 5.25. The van der Waals surface area contributed by atoms with Crippen molar-refractivity contribution >= 4 is 11.8 Å². The standard InChI is InChI=1S/C18H35NS/c1-3-15-10-12-16(13-11-15)18(19-4-2)14-20-17-8-6-5-7-9-17/h15-19H,3-14H2,1-2H3. The summed E-state index contributed by atoms with van der Waals surface area (Å²) in [6.07, 6.45) is 14.7. The Hall–Kier alpha value is 0.310. The van der Waals surface area contributed by atoms with E-state index in [2.05, 4.69) is 30.9 Å². The first-order chi connectivity index (χ1) is 9.83. The Morgan fingerprint density at radius 2 is 1.65 bits per heavy atom. The molecule has 0 bridgehead atoms. The van der Waals surface area contributed by atoms with Crippen molar-refractivity contribution < 1.29 is 0 Å². The van der Waals surface area contributed by atoms with Gasteiger partial charge >= 0.3 is 0 Å². The molecule has 0 aromatic carbocycles. The molecular weight excluding hydrogens is 262 g/mol. The van der Waals surface area contributed by atoms with Crippen LogP contribution in [0.15, 0.2) is 0 Å². The molecule has 0 aromatic rings. The topological polar surface area (TPSA) is 12.0 Å². The van der Waals surface area contributed by atoms with Gasteiger partial charge in [-0.1, -0.05) is 52.4 Å². The van der Waals surface area contributed by atoms with E-state index in [1.165, 1.54) is 70.0 Å². The van der Waals surface area contributed by atoms with E-state index in [9.17, 15) is 0 Å². The number of hydrogen-bond donors (Lipinski definition) is 1. The lowest BCUT2D eigenvalue weighted by atomic mass is 9.78. The summed E-state index contributed by atoms with van der Waals surface area (Å²) in [6.45, 7) is 5.78. The molecule has 2 aliphatic rings. The molecule has 2 saturated carbocycles. The van der Waals surface area contributed by atoms with Crippen molar-refractivity contribution in [3.8, 4) is 0 Å². The van der Waals surface area contributed by atoms with E-state index in [0.29, 0.717) is 0 Å². The molecule has 0 spiro atoms. The van der Waals surface area contributed by atoms with Crippen LogP contribution in [0.2, 0.25) is 0 Å². The molecule has 20 heavy (non-hydrogen) atoms. The molecule has 118 valence electrons. The Balaban J connectivity index is 1.74. The van der Waals surface area contributed by atoms with Gasteiger partial charge in [0, 0.05) is 17.0 Å². The first kappa shape index (κ1) is 16.7. The third kappa shape index (κ3) is 5.26. The van der Waals surface area contributed by atoms with Gasteiger partial charge in [0.25, 0.3) is 0 Å². The van der Waals surface area contributed by atoms with Gasteiger partial charge in [0.1, 0.15) is 0 Å². The van der Waals surface area contributed by atoms with Crippen LogP contribution in [0.5, 0.6) is 0 Å². The Bertz CT molecular complexity index is 242. The Morgan fingerprint density at radius 3 is 2.25 bits per heavy atom. The fourth-order valence-electron chi connectivity index (χ4n) is 4.09. The van der Waals surface area contributed by atoms with Crippen LogP contribution in [0.1, 0.15) is 78.1 Å². The summed E-state index contributed by atoms with van der Waals surface area (Å²) < 4.78 is 0. The SMILES string of the molecule is CCNC(CSC1CCCCC1)C1CCC(CC)CC1. The summed E-state index contributed by atoms with van der Waals surface area (Å²) in [5.41, 5.74) is 0. The zero-order valence-corrected chi connectivity index (χ0v) is 14.5. The lowest BCUT2D eigenvalue weighted by Crippen LogP contribution is -2.40. The molecule has 1 nitrogen and oxygen atoms in total. The fourth-order valence-corrected chi connectivity index (χ4v) is 5.63. The quantitative estimate of drug-likeness (QED) is 0.689. The predicted molar refractivity (Wildman–Crippen MR) is 92.5 cm³/mol. The summed E-state index contributed by atoms with van der Waals surface area (Å²) in [4.78, 5) is 0. The van der Waals surface area contributed by atoms with Crippen LogP contribution < -0.4 is 5.32 Å². The fraction of sp³-hybridized carbons (Fsp3) is 1.00. The van der Waals surface area contributed by atoms with Crippen molar-refractivity contribution in [1.82, 2.24) is 5.32 Å². The van der Waals surface area contributed by atoms with Gasteiger partial charge in [-0.05, 0) is 44.1 Å². The molecule has 2 heteroatoms. The van der Waals surface area contributed by atoms with Crippen molar-refractivity contribution in [2.24, 2.45) is 11.8 Å². The van der Waals surface area contributed by atoms with Crippen molar-refractivity contribution in [3.05, 3.63) is 0 Å². The summed E-state index contributed by atoms with van der Waals surface area (Å²) in [7, 11) is 0. The van der Waals surface area contributed by atoms with Gasteiger partial charge in [0.2, 0.25) is 0 Å². The molecule has 1 atom stereocenters. The average molecular weight is 298 g/mol. The van der Waals surface area contributed by atoms with Crippen LogP contribution in [0.25, 0.3) is 0 Å². The highest BCUT2D eigenvalue weighted by molar-refractivity contribution is 7.99. The minimum absolute atomic E-state index is 0.782. The molecule has 0 amide bonds. The number of rotatable bonds is 7. The van der Waals surface area contributed by atoms with Gasteiger partial charge in [0.05, 0.1) is 0 Å². The van der Waals surface area contributed by atoms with E-state index in [1.807, 2.05) is 0 Å². The second-order valence-electron chi connectivity index (χ2n) is 6.95. The van der Waals surface area contributed by atoms with E-state index >= 15 is 0 Å². The van der Waals surface area contributed by atoms with Crippen molar-refractivity contribution in [1.29, 1.82) is 0 Å². The number of hydrogen-bond acceptors (Lipinski definition) is 2. The van der Waals surface area contributed by atoms with Crippen molar-refractivity contribution in [3.63, 3.8) is 0 Å². The largest absolute Gasteiger partial charge is 0.313 e. The van der Waals surface area contributed by atoms with Gasteiger partial charge in [-0.3, -0.25) is 0 Å². The van der Waals surface area contributed by atoms with Crippen LogP contribution in [0.4, 0.5) is 0 Å². The minimum Gasteiger partial charge on any atom is -0.313 e. The zero-order valence-electron chi connectivity index (χ0n) is 13.7. The summed E-state index contributed by atoms with van der Waals surface area (Å²) in [5, 5.41) is 4.77. The summed E-state index contributed by atoms with van der Waals surface area (Å²) in [5.74, 6) is 3.34. The van der Waals surface area contributed by atoms with Crippen LogP contribution in [0, 0.1) is 11.8 Å². The molecule has 1 unspecified atom stereocenters. The third-order valence-corrected chi connectivity index (χ3v) is 7.06. The number of nitrogens with one attached hydrogen (secondary N) is 1. The average Bonchev–Trinajstić information content (AvgIpc) is 2.52. The first-order valence-corrected chi connectivity index (χ1v) is 10.2. The van der Waals surface area contributed by atoms with E-state index in [4.69, 9.17) is 0 Å². The second kappa shape index (κ2) is 9.35. The molecular formula is C18H35NS. The van der Waals surface area contributed by atoms with Gasteiger partial charge in [-0.25, -0.2) is 0 Å². The van der Waals surface area contributed by atoms with Crippen LogP contribution in [-0.2, 0) is 0 Å². The molecule has 0 heterocycles. The number of thioether (sulfide) groups is 1. The monoisotopic (exact) mass is 297 g/mol. The lowest BCUT2D eigenvalue weighted by Gasteiger charge is -2.35. The Kier molecular flexibility index (Phi) is 7.80. The van der Waals surface area contributed by atoms with Gasteiger partial charge < -0.3 is 5.32 Å². The molecule has 0 saturated heterocycles. The highest BCUT2D eigenvalue weighted by Crippen LogP contribution is 2.35. The lowest BCUT2D eigenvalue weighted by molar-refractivity contribution is 0.229. The highest BCUT2D eigenvalue weighted by Gasteiger charge is 2.27. The maximum absolute atomic E-state index is 3.80. The van der Waals surface area contributed by atoms with Gasteiger partial charge in [-0.2, -0.15) is 11.8 Å². The summed E-state index contributed by atoms with van der Waals surface area (Å²) in [6, 6.07) is 0.782. The molecule has 1 N–H and O–H groups in total. The maximum Gasteiger partial charge on any atom is 0.0186 e. The first-order valence-electron chi connectivity index (χ1n) is 9.18. The van der Waals surface area contributed by atoms with Crippen molar-refractivity contribution in [2.75, 3.05) is 12.3 Å². The van der Waals surface area contributed by atoms with Crippen molar-refractivity contribution in [2.45, 2.75) is 89.3 Å². The molecule has 2 fully saturated rings. The molecule has 0 aromatic heterocycles. The summed E-state index contributed by atoms with van der Waals surface area (Å²) >= 11 is 2.28. The van der Waals surface area contributed by atoms with E-state index in [1.54, 1.807) is 0 Å². The van der Waals surface area contributed by atoms with Crippen LogP contribution in [-0.4, -0.2) is 23.6 Å². The third-order valence-electron chi connectivity index (χ3n) is 5.57. The second-order valence-corrected chi connectivity index (χ2v) is 8.28. The zero-order chi connectivity index (χ0) is 14.2. The molecule has 0 aliphatic heterocycles. The minimum atomic E-state index is 0.782. The highest BCUT2D eigenvalue weighted by atomic mass is 32.2. The molecule has 0 radical (unpaired) electrons. The van der Waals surface area contributed by atoms with Gasteiger partial charge in [0.15, 0.2) is 0 Å². The normalized spacial score (nSPS) is 30.3.